The van der Waals surface area contributed by atoms with Crippen molar-refractivity contribution >= 4 is 28.9 Å². The average Bonchev–Trinajstić information content (AvgIpc) is 2.60. The van der Waals surface area contributed by atoms with E-state index in [2.05, 4.69) is 4.74 Å². The molecule has 0 fully saturated rings. The average molecular weight is 234 g/mol. The first kappa shape index (κ1) is 11.5. The van der Waals surface area contributed by atoms with Crippen LogP contribution in [0.15, 0.2) is 12.1 Å². The molecule has 0 saturated heterocycles. The van der Waals surface area contributed by atoms with E-state index >= 15 is 0 Å². The van der Waals surface area contributed by atoms with Crippen molar-refractivity contribution in [2.75, 3.05) is 7.11 Å². The number of carbonyl (C=O) groups is 1. The molecule has 1 atom stereocenters. The normalized spacial score (nSPS) is 12.5. The van der Waals surface area contributed by atoms with Crippen LogP contribution in [0.4, 0.5) is 0 Å². The van der Waals surface area contributed by atoms with Gasteiger partial charge in [-0.25, -0.2) is 0 Å². The van der Waals surface area contributed by atoms with E-state index in [1.165, 1.54) is 18.4 Å². The number of esters is 1. The third-order valence-electron chi connectivity index (χ3n) is 1.85. The zero-order chi connectivity index (χ0) is 10.6. The summed E-state index contributed by atoms with van der Waals surface area (Å²) < 4.78 is 5.24. The molecular formula is C9H12ClNO2S. The Kier molecular flexibility index (Phi) is 4.38. The second-order valence-electron chi connectivity index (χ2n) is 2.86. The smallest absolute Gasteiger partial charge is 0.305 e. The number of hydrogen-bond acceptors (Lipinski definition) is 4. The highest BCUT2D eigenvalue weighted by atomic mass is 35.5. The monoisotopic (exact) mass is 233 g/mol. The number of ether oxygens (including phenoxy) is 1. The van der Waals surface area contributed by atoms with Gasteiger partial charge in [-0.2, -0.15) is 0 Å². The van der Waals surface area contributed by atoms with Crippen LogP contribution in [0.25, 0.3) is 0 Å². The van der Waals surface area contributed by atoms with Crippen LogP contribution in [0, 0.1) is 0 Å². The zero-order valence-electron chi connectivity index (χ0n) is 7.83. The van der Waals surface area contributed by atoms with Gasteiger partial charge >= 0.3 is 5.97 Å². The fraction of sp³-hybridized carbons (Fsp3) is 0.444. The maximum atomic E-state index is 10.9. The first-order valence-electron chi connectivity index (χ1n) is 4.21. The molecule has 0 saturated carbocycles. The molecule has 14 heavy (non-hydrogen) atoms. The van der Waals surface area contributed by atoms with Crippen LogP contribution < -0.4 is 5.73 Å². The van der Waals surface area contributed by atoms with Crippen molar-refractivity contribution in [1.82, 2.24) is 0 Å². The molecule has 0 aliphatic rings. The van der Waals surface area contributed by atoms with Gasteiger partial charge in [-0.05, 0) is 18.6 Å². The maximum Gasteiger partial charge on any atom is 0.305 e. The van der Waals surface area contributed by atoms with Crippen molar-refractivity contribution in [2.24, 2.45) is 5.73 Å². The number of halogens is 1. The first-order chi connectivity index (χ1) is 6.63. The van der Waals surface area contributed by atoms with E-state index in [0.29, 0.717) is 17.2 Å². The van der Waals surface area contributed by atoms with Crippen LogP contribution in [0.2, 0.25) is 4.34 Å². The lowest BCUT2D eigenvalue weighted by Gasteiger charge is -2.07. The Morgan fingerprint density at radius 1 is 1.71 bits per heavy atom. The highest BCUT2D eigenvalue weighted by Crippen LogP contribution is 2.27. The molecular weight excluding hydrogens is 222 g/mol. The summed E-state index contributed by atoms with van der Waals surface area (Å²) in [6.45, 7) is 0. The van der Waals surface area contributed by atoms with Gasteiger partial charge in [-0.1, -0.05) is 11.6 Å². The van der Waals surface area contributed by atoms with E-state index in [0.717, 1.165) is 4.88 Å². The molecule has 3 nitrogen and oxygen atoms in total. The van der Waals surface area contributed by atoms with Crippen LogP contribution in [0.5, 0.6) is 0 Å². The Morgan fingerprint density at radius 3 is 2.93 bits per heavy atom. The summed E-state index contributed by atoms with van der Waals surface area (Å²) in [5, 5.41) is 0. The molecule has 2 N–H and O–H groups in total. The van der Waals surface area contributed by atoms with Crippen molar-refractivity contribution in [3.05, 3.63) is 21.3 Å². The Hall–Kier alpha value is -0.580. The van der Waals surface area contributed by atoms with Crippen LogP contribution in [-0.4, -0.2) is 13.1 Å². The number of hydrogen-bond donors (Lipinski definition) is 1. The summed E-state index contributed by atoms with van der Waals surface area (Å²) >= 11 is 7.21. The summed E-state index contributed by atoms with van der Waals surface area (Å²) in [5.74, 6) is -0.233. The SMILES string of the molecule is COC(=O)CCC(N)c1ccc(Cl)s1. The van der Waals surface area contributed by atoms with Gasteiger partial charge in [0, 0.05) is 17.3 Å². The summed E-state index contributed by atoms with van der Waals surface area (Å²) in [5.41, 5.74) is 5.86. The second-order valence-corrected chi connectivity index (χ2v) is 4.61. The third-order valence-corrected chi connectivity index (χ3v) is 3.21. The number of methoxy groups -OCH3 is 1. The largest absolute Gasteiger partial charge is 0.469 e. The predicted molar refractivity (Wildman–Crippen MR) is 57.5 cm³/mol. The Bertz CT molecular complexity index is 314. The van der Waals surface area contributed by atoms with Crippen molar-refractivity contribution in [1.29, 1.82) is 0 Å². The van der Waals surface area contributed by atoms with Gasteiger partial charge in [0.25, 0.3) is 0 Å². The number of nitrogens with two attached hydrogens (primary N) is 1. The molecule has 5 heteroatoms. The second kappa shape index (κ2) is 5.34. The number of rotatable bonds is 4. The summed E-state index contributed by atoms with van der Waals surface area (Å²) in [6, 6.07) is 3.56. The highest BCUT2D eigenvalue weighted by Gasteiger charge is 2.11. The fourth-order valence-electron chi connectivity index (χ4n) is 1.05. The molecule has 0 radical (unpaired) electrons. The Morgan fingerprint density at radius 2 is 2.43 bits per heavy atom. The molecule has 78 valence electrons. The van der Waals surface area contributed by atoms with Gasteiger partial charge < -0.3 is 10.5 Å². The lowest BCUT2D eigenvalue weighted by molar-refractivity contribution is -0.140. The molecule has 1 heterocycles. The van der Waals surface area contributed by atoms with E-state index in [1.54, 1.807) is 6.07 Å². The van der Waals surface area contributed by atoms with Crippen molar-refractivity contribution in [3.8, 4) is 0 Å². The van der Waals surface area contributed by atoms with Gasteiger partial charge in [0.2, 0.25) is 0 Å². The minimum atomic E-state index is -0.233. The number of thiophene rings is 1. The fourth-order valence-corrected chi connectivity index (χ4v) is 2.14. The predicted octanol–water partition coefficient (Wildman–Crippen LogP) is 2.35. The minimum Gasteiger partial charge on any atom is -0.469 e. The molecule has 0 spiro atoms. The van der Waals surface area contributed by atoms with E-state index in [-0.39, 0.29) is 12.0 Å². The van der Waals surface area contributed by atoms with Crippen molar-refractivity contribution in [3.63, 3.8) is 0 Å². The van der Waals surface area contributed by atoms with E-state index in [9.17, 15) is 4.79 Å². The van der Waals surface area contributed by atoms with Crippen LogP contribution in [-0.2, 0) is 9.53 Å². The summed E-state index contributed by atoms with van der Waals surface area (Å²) in [6.07, 6.45) is 0.927. The molecule has 0 aromatic carbocycles. The van der Waals surface area contributed by atoms with Crippen LogP contribution in [0.1, 0.15) is 23.8 Å². The quantitative estimate of drug-likeness (QED) is 0.813. The van der Waals surface area contributed by atoms with E-state index in [1.807, 2.05) is 6.07 Å². The Labute approximate surface area is 91.8 Å². The molecule has 0 aliphatic carbocycles. The minimum absolute atomic E-state index is 0.133. The summed E-state index contributed by atoms with van der Waals surface area (Å²) in [4.78, 5) is 11.9. The zero-order valence-corrected chi connectivity index (χ0v) is 9.40. The topological polar surface area (TPSA) is 52.3 Å². The lowest BCUT2D eigenvalue weighted by atomic mass is 10.1. The van der Waals surface area contributed by atoms with E-state index in [4.69, 9.17) is 17.3 Å². The van der Waals surface area contributed by atoms with Crippen LogP contribution in [0.3, 0.4) is 0 Å². The van der Waals surface area contributed by atoms with Gasteiger partial charge in [0.15, 0.2) is 0 Å². The molecule has 1 rings (SSSR count). The Balaban J connectivity index is 2.42. The van der Waals surface area contributed by atoms with Gasteiger partial charge in [-0.15, -0.1) is 11.3 Å². The molecule has 0 amide bonds. The maximum absolute atomic E-state index is 10.9. The molecule has 1 aromatic rings. The molecule has 1 unspecified atom stereocenters. The standard InChI is InChI=1S/C9H12ClNO2S/c1-13-9(12)5-2-6(11)7-3-4-8(10)14-7/h3-4,6H,2,5,11H2,1H3. The first-order valence-corrected chi connectivity index (χ1v) is 5.40. The van der Waals surface area contributed by atoms with Gasteiger partial charge in [-0.3, -0.25) is 4.79 Å². The van der Waals surface area contributed by atoms with Gasteiger partial charge in [0.05, 0.1) is 11.4 Å². The molecule has 0 bridgehead atoms. The molecule has 0 aliphatic heterocycles. The molecule has 1 aromatic heterocycles. The van der Waals surface area contributed by atoms with Crippen LogP contribution >= 0.6 is 22.9 Å². The van der Waals surface area contributed by atoms with Crippen molar-refractivity contribution < 1.29 is 9.53 Å². The summed E-state index contributed by atoms with van der Waals surface area (Å²) in [7, 11) is 1.37. The van der Waals surface area contributed by atoms with Crippen molar-refractivity contribution in [2.45, 2.75) is 18.9 Å². The number of carbonyl (C=O) groups excluding carboxylic acids is 1. The third kappa shape index (κ3) is 3.29. The van der Waals surface area contributed by atoms with Gasteiger partial charge in [0.1, 0.15) is 0 Å². The van der Waals surface area contributed by atoms with E-state index < -0.39 is 0 Å². The lowest BCUT2D eigenvalue weighted by Crippen LogP contribution is -2.11. The highest BCUT2D eigenvalue weighted by molar-refractivity contribution is 7.16.